The van der Waals surface area contributed by atoms with E-state index in [0.717, 1.165) is 5.57 Å². The Hall–Kier alpha value is -3.34. The van der Waals surface area contributed by atoms with Gasteiger partial charge in [-0.2, -0.15) is 0 Å². The van der Waals surface area contributed by atoms with Crippen molar-refractivity contribution in [2.24, 2.45) is 50.2 Å². The van der Waals surface area contributed by atoms with E-state index in [0.29, 0.717) is 43.3 Å². The maximum atomic E-state index is 14.4. The zero-order chi connectivity index (χ0) is 52.7. The zero-order valence-electron chi connectivity index (χ0n) is 42.9. The first-order valence-electron chi connectivity index (χ1n) is 25.1. The number of carboxylic acids is 1. The Labute approximate surface area is 415 Å². The lowest BCUT2D eigenvalue weighted by Crippen LogP contribution is -2.73. The van der Waals surface area contributed by atoms with Crippen LogP contribution in [0.1, 0.15) is 114 Å². The second-order valence-corrected chi connectivity index (χ2v) is 23.2. The Kier molecular flexibility index (Phi) is 15.4. The third-order valence-electron chi connectivity index (χ3n) is 19.4. The van der Waals surface area contributed by atoms with Gasteiger partial charge < -0.3 is 74.0 Å². The highest BCUT2D eigenvalue weighted by Gasteiger charge is 2.75. The molecule has 3 unspecified atom stereocenters. The van der Waals surface area contributed by atoms with Gasteiger partial charge in [0.15, 0.2) is 24.8 Å². The van der Waals surface area contributed by atoms with Crippen molar-refractivity contribution in [1.82, 2.24) is 0 Å². The van der Waals surface area contributed by atoms with Gasteiger partial charge in [-0.1, -0.05) is 58.4 Å². The maximum Gasteiger partial charge on any atom is 0.335 e. The second kappa shape index (κ2) is 19.7. The Bertz CT molecular complexity index is 2160. The molecule has 400 valence electrons. The number of ether oxygens (including phenoxy) is 7. The highest BCUT2D eigenvalue weighted by Crippen LogP contribution is 2.76. The normalized spacial score (nSPS) is 47.5. The lowest BCUT2D eigenvalue weighted by atomic mass is 9.33. The molecule has 8 N–H and O–H groups in total. The van der Waals surface area contributed by atoms with Crippen LogP contribution in [0.4, 0.5) is 0 Å². The van der Waals surface area contributed by atoms with Gasteiger partial charge in [-0.3, -0.25) is 4.79 Å². The molecular weight excluding hydrogens is 929 g/mol. The summed E-state index contributed by atoms with van der Waals surface area (Å²) >= 11 is 0. The predicted octanol–water partition coefficient (Wildman–Crippen LogP) is 2.62. The number of rotatable bonds is 11. The van der Waals surface area contributed by atoms with Crippen LogP contribution in [-0.2, 0) is 52.3 Å². The highest BCUT2D eigenvalue weighted by molar-refractivity contribution is 5.89. The number of aliphatic hydroxyl groups excluding tert-OH is 7. The van der Waals surface area contributed by atoms with Gasteiger partial charge in [0.05, 0.1) is 43.4 Å². The van der Waals surface area contributed by atoms with E-state index in [9.17, 15) is 60.0 Å². The molecule has 2 heterocycles. The molecule has 19 nitrogen and oxygen atoms in total. The van der Waals surface area contributed by atoms with Crippen molar-refractivity contribution in [3.8, 4) is 0 Å². The molecule has 6 fully saturated rings. The number of fused-ring (bicyclic) bond motifs is 7. The lowest BCUT2D eigenvalue weighted by molar-refractivity contribution is -0.356. The van der Waals surface area contributed by atoms with Gasteiger partial charge in [-0.25, -0.2) is 14.4 Å². The van der Waals surface area contributed by atoms with Crippen molar-refractivity contribution in [3.05, 3.63) is 34.9 Å². The summed E-state index contributed by atoms with van der Waals surface area (Å²) in [4.78, 5) is 54.2. The number of methoxy groups -OCH3 is 1. The first kappa shape index (κ1) is 55.4. The van der Waals surface area contributed by atoms with E-state index in [1.165, 1.54) is 7.11 Å². The topological polar surface area (TPSA) is 295 Å². The molecule has 0 aromatic heterocycles. The molecule has 7 aliphatic rings. The molecule has 0 radical (unpaired) electrons. The average molecular weight is 1010 g/mol. The van der Waals surface area contributed by atoms with Gasteiger partial charge in [-0.15, -0.1) is 0 Å². The van der Waals surface area contributed by atoms with Gasteiger partial charge in [-0.05, 0) is 114 Å². The molecule has 0 amide bonds. The van der Waals surface area contributed by atoms with E-state index in [1.54, 1.807) is 46.8 Å². The van der Waals surface area contributed by atoms with Crippen LogP contribution in [-0.4, -0.2) is 165 Å². The average Bonchev–Trinajstić information content (AvgIpc) is 3.32. The number of allylic oxidation sites excluding steroid dienone is 4. The second-order valence-electron chi connectivity index (χ2n) is 23.2. The number of aliphatic hydroxyl groups is 7. The van der Waals surface area contributed by atoms with Crippen LogP contribution in [0.15, 0.2) is 34.9 Å². The molecule has 4 saturated carbocycles. The summed E-state index contributed by atoms with van der Waals surface area (Å²) < 4.78 is 41.5. The van der Waals surface area contributed by atoms with Crippen LogP contribution < -0.4 is 0 Å². The molecule has 0 bridgehead atoms. The number of carboxylic acid groups (broad SMARTS) is 1. The lowest BCUT2D eigenvalue weighted by Gasteiger charge is -2.72. The number of esters is 3. The molecule has 2 saturated heterocycles. The van der Waals surface area contributed by atoms with E-state index in [4.69, 9.17) is 33.2 Å². The molecule has 21 atom stereocenters. The van der Waals surface area contributed by atoms with Crippen LogP contribution in [0.3, 0.4) is 0 Å². The first-order valence-corrected chi connectivity index (χ1v) is 25.1. The van der Waals surface area contributed by atoms with Gasteiger partial charge >= 0.3 is 23.9 Å². The summed E-state index contributed by atoms with van der Waals surface area (Å²) in [6.45, 7) is 17.9. The van der Waals surface area contributed by atoms with E-state index < -0.39 is 161 Å². The van der Waals surface area contributed by atoms with Crippen molar-refractivity contribution >= 4 is 23.9 Å². The molecule has 0 aromatic carbocycles. The Morgan fingerprint density at radius 1 is 0.775 bits per heavy atom. The van der Waals surface area contributed by atoms with Crippen molar-refractivity contribution in [1.29, 1.82) is 0 Å². The Balaban J connectivity index is 1.23. The van der Waals surface area contributed by atoms with Gasteiger partial charge in [0.1, 0.15) is 42.7 Å². The quantitative estimate of drug-likeness (QED) is 0.0485. The fourth-order valence-electron chi connectivity index (χ4n) is 14.8. The summed E-state index contributed by atoms with van der Waals surface area (Å²) in [5.74, 6) is -4.49. The van der Waals surface area contributed by atoms with Crippen molar-refractivity contribution in [2.45, 2.75) is 194 Å². The standard InChI is InChI=1S/C52H78O19/c1-12-24(3)42(62)70-39-40(71-43(63)25(4)13-2)52(23-53)27(20-47(39,5)6)26-14-15-29-48(7)18-17-32(51(10,46(64)65-11)30(48)16-19-49(29,8)50(26,9)21-31(52)55)67-45-36(59)37(35(58)38(69-45)41(60)61)68-44-34(57)33(56)28(54)22-66-44/h12-14,27-40,44-45,53-59H,15-23H2,1-11H3,(H,60,61)/b24-12-,25-13-/t27?,28-,29?,30?,31+,32-,33-,34+,35-,36+,37-,38-,39-,40-,44-,45+,48+,49+,50+,51-,52-/m0/s1. The fraction of sp³-hybridized carbons (Fsp3) is 0.808. The summed E-state index contributed by atoms with van der Waals surface area (Å²) in [7, 11) is 1.27. The summed E-state index contributed by atoms with van der Waals surface area (Å²) in [6, 6.07) is 0. The van der Waals surface area contributed by atoms with Crippen LogP contribution >= 0.6 is 0 Å². The van der Waals surface area contributed by atoms with Crippen LogP contribution in [0.25, 0.3) is 0 Å². The van der Waals surface area contributed by atoms with E-state index in [1.807, 2.05) is 13.8 Å². The van der Waals surface area contributed by atoms with Crippen LogP contribution in [0.5, 0.6) is 0 Å². The molecule has 19 heteroatoms. The third kappa shape index (κ3) is 8.54. The van der Waals surface area contributed by atoms with Crippen molar-refractivity contribution in [3.63, 3.8) is 0 Å². The summed E-state index contributed by atoms with van der Waals surface area (Å²) in [5.41, 5.74) is -3.79. The number of hydrogen-bond donors (Lipinski definition) is 8. The Morgan fingerprint density at radius 2 is 1.39 bits per heavy atom. The maximum absolute atomic E-state index is 14.4. The minimum absolute atomic E-state index is 0.0991. The van der Waals surface area contributed by atoms with Gasteiger partial charge in [0.2, 0.25) is 0 Å². The molecule has 2 aliphatic heterocycles. The highest BCUT2D eigenvalue weighted by atomic mass is 16.7. The molecule has 5 aliphatic carbocycles. The number of hydrogen-bond acceptors (Lipinski definition) is 18. The largest absolute Gasteiger partial charge is 0.479 e. The molecule has 0 spiro atoms. The van der Waals surface area contributed by atoms with E-state index >= 15 is 0 Å². The van der Waals surface area contributed by atoms with Crippen molar-refractivity contribution < 1.29 is 93.2 Å². The van der Waals surface area contributed by atoms with E-state index in [2.05, 4.69) is 26.8 Å². The first-order chi connectivity index (χ1) is 33.1. The van der Waals surface area contributed by atoms with Gasteiger partial charge in [0, 0.05) is 16.6 Å². The predicted molar refractivity (Wildman–Crippen MR) is 249 cm³/mol. The van der Waals surface area contributed by atoms with Crippen LogP contribution in [0, 0.1) is 50.2 Å². The SMILES string of the molecule is C/C=C(/C)C(=O)O[C@H]1[C@H](OC(=O)/C(C)=C\C)[C@@]2(CO)C(CC1(C)C)C1=CCC3[C@@]4(C)CC[C@H](O[C@@H]5O[C@H](C(=O)O)[C@@H](O)[C@H](O[C@@H]6OC[C@H](O)[C@H](O)[C@H]6O)[C@H]5O)[C@@](C)(C(=O)OC)C4CC[C@@]3(C)[C@]1(C)C[C@H]2O. The smallest absolute Gasteiger partial charge is 0.335 e. The van der Waals surface area contributed by atoms with Crippen LogP contribution in [0.2, 0.25) is 0 Å². The van der Waals surface area contributed by atoms with Crippen molar-refractivity contribution in [2.75, 3.05) is 20.3 Å². The number of carbonyl (C=O) groups excluding carboxylic acids is 3. The third-order valence-corrected chi connectivity index (χ3v) is 19.4. The minimum atomic E-state index is -2.01. The Morgan fingerprint density at radius 3 is 1.97 bits per heavy atom. The fourth-order valence-corrected chi connectivity index (χ4v) is 14.8. The number of aliphatic carboxylic acids is 1. The van der Waals surface area contributed by atoms with E-state index in [-0.39, 0.29) is 18.8 Å². The monoisotopic (exact) mass is 1010 g/mol. The number of carbonyl (C=O) groups is 4. The molecular formula is C52H78O19. The van der Waals surface area contributed by atoms with Gasteiger partial charge in [0.25, 0.3) is 0 Å². The zero-order valence-corrected chi connectivity index (χ0v) is 42.9. The molecule has 71 heavy (non-hydrogen) atoms. The summed E-state index contributed by atoms with van der Waals surface area (Å²) in [5, 5.41) is 88.4. The molecule has 0 aromatic rings. The molecule has 7 rings (SSSR count). The minimum Gasteiger partial charge on any atom is -0.479 e. The summed E-state index contributed by atoms with van der Waals surface area (Å²) in [6.07, 6.45) is -12.4.